The van der Waals surface area contributed by atoms with Crippen molar-refractivity contribution < 1.29 is 28.6 Å². The zero-order chi connectivity index (χ0) is 11.8. The van der Waals surface area contributed by atoms with Crippen LogP contribution in [0.25, 0.3) is 0 Å². The largest absolute Gasteiger partial charge is 0.452 e. The van der Waals surface area contributed by atoms with E-state index in [4.69, 9.17) is 0 Å². The van der Waals surface area contributed by atoms with E-state index in [1.54, 1.807) is 0 Å². The fraction of sp³-hybridized carbons (Fsp3) is 0.625. The minimum absolute atomic E-state index is 0.117. The molecule has 7 nitrogen and oxygen atoms in total. The van der Waals surface area contributed by atoms with Crippen molar-refractivity contribution in [1.82, 2.24) is 4.90 Å². The number of rotatable bonds is 4. The van der Waals surface area contributed by atoms with Gasteiger partial charge in [-0.3, -0.25) is 0 Å². The number of ether oxygens (including phenoxy) is 3. The minimum Gasteiger partial charge on any atom is -0.452 e. The smallest absolute Gasteiger partial charge is 0.419 e. The summed E-state index contributed by atoms with van der Waals surface area (Å²) in [6.07, 6.45) is -1.55. The van der Waals surface area contributed by atoms with Gasteiger partial charge in [-0.1, -0.05) is 0 Å². The first-order chi connectivity index (χ1) is 7.12. The second kappa shape index (κ2) is 6.77. The number of hydrogen-bond donors (Lipinski definition) is 0. The van der Waals surface area contributed by atoms with Gasteiger partial charge in [-0.15, -0.1) is 0 Å². The van der Waals surface area contributed by atoms with E-state index < -0.39 is 18.2 Å². The molecule has 0 saturated heterocycles. The molecule has 86 valence electrons. The van der Waals surface area contributed by atoms with Crippen LogP contribution in [-0.4, -0.2) is 57.4 Å². The number of hydrogen-bond acceptors (Lipinski definition) is 6. The van der Waals surface area contributed by atoms with Gasteiger partial charge in [0.1, 0.15) is 12.3 Å². The molecule has 15 heavy (non-hydrogen) atoms. The molecule has 0 N–H and O–H groups in total. The van der Waals surface area contributed by atoms with Crippen molar-refractivity contribution >= 4 is 18.5 Å². The van der Waals surface area contributed by atoms with Crippen molar-refractivity contribution in [1.29, 1.82) is 0 Å². The van der Waals surface area contributed by atoms with Crippen molar-refractivity contribution in [3.8, 4) is 0 Å². The summed E-state index contributed by atoms with van der Waals surface area (Å²) in [7, 11) is 3.52. The van der Waals surface area contributed by atoms with Crippen molar-refractivity contribution in [3.05, 3.63) is 0 Å². The summed E-state index contributed by atoms with van der Waals surface area (Å²) in [5.74, 6) is 0. The molecule has 0 heterocycles. The van der Waals surface area contributed by atoms with Crippen LogP contribution >= 0.6 is 0 Å². The maximum absolute atomic E-state index is 11.2. The highest BCUT2D eigenvalue weighted by Gasteiger charge is 2.31. The average Bonchev–Trinajstić information content (AvgIpc) is 2.27. The quantitative estimate of drug-likeness (QED) is 0.620. The first-order valence-electron chi connectivity index (χ1n) is 4.01. The molecule has 0 aliphatic heterocycles. The molecule has 0 fully saturated rings. The molecule has 0 saturated carbocycles. The van der Waals surface area contributed by atoms with Gasteiger partial charge in [0.2, 0.25) is 0 Å². The van der Waals surface area contributed by atoms with Crippen LogP contribution in [0, 0.1) is 0 Å². The molecule has 1 atom stereocenters. The third kappa shape index (κ3) is 3.55. The van der Waals surface area contributed by atoms with Gasteiger partial charge in [-0.2, -0.15) is 4.90 Å². The van der Waals surface area contributed by atoms with Crippen molar-refractivity contribution in [3.63, 3.8) is 0 Å². The van der Waals surface area contributed by atoms with E-state index in [0.29, 0.717) is 11.2 Å². The molecule has 0 radical (unpaired) electrons. The minimum atomic E-state index is -1.06. The molecule has 0 spiro atoms. The van der Waals surface area contributed by atoms with Gasteiger partial charge < -0.3 is 19.0 Å². The molecule has 1 unspecified atom stereocenters. The number of imide groups is 1. The molecule has 0 aromatic rings. The molecule has 0 aromatic carbocycles. The van der Waals surface area contributed by atoms with Gasteiger partial charge in [0.05, 0.1) is 20.8 Å². The lowest BCUT2D eigenvalue weighted by Gasteiger charge is -2.22. The van der Waals surface area contributed by atoms with E-state index in [1.807, 2.05) is 0 Å². The third-order valence-electron chi connectivity index (χ3n) is 1.57. The SMILES string of the molecule is COCC(C=O)N(C(=O)OC)C(=O)OC. The van der Waals surface area contributed by atoms with Gasteiger partial charge >= 0.3 is 12.2 Å². The fourth-order valence-electron chi connectivity index (χ4n) is 0.887. The second-order valence-corrected chi connectivity index (χ2v) is 2.47. The molecule has 0 aromatic heterocycles. The number of carbonyl (C=O) groups is 3. The Bertz CT molecular complexity index is 225. The first-order valence-corrected chi connectivity index (χ1v) is 4.01. The lowest BCUT2D eigenvalue weighted by molar-refractivity contribution is -0.113. The van der Waals surface area contributed by atoms with Crippen molar-refractivity contribution in [2.75, 3.05) is 27.9 Å². The van der Waals surface area contributed by atoms with E-state index in [2.05, 4.69) is 14.2 Å². The number of amides is 2. The molecule has 0 aliphatic rings. The Morgan fingerprint density at radius 2 is 1.67 bits per heavy atom. The van der Waals surface area contributed by atoms with Gasteiger partial charge in [0.15, 0.2) is 0 Å². The van der Waals surface area contributed by atoms with Crippen molar-refractivity contribution in [2.45, 2.75) is 6.04 Å². The van der Waals surface area contributed by atoms with Gasteiger partial charge in [0, 0.05) is 7.11 Å². The monoisotopic (exact) mass is 219 g/mol. The molecular formula is C8H13NO6. The highest BCUT2D eigenvalue weighted by Crippen LogP contribution is 2.03. The third-order valence-corrected chi connectivity index (χ3v) is 1.57. The van der Waals surface area contributed by atoms with Crippen molar-refractivity contribution in [2.24, 2.45) is 0 Å². The summed E-state index contributed by atoms with van der Waals surface area (Å²) in [6.45, 7) is -0.117. The predicted molar refractivity (Wildman–Crippen MR) is 48.4 cm³/mol. The molecule has 2 amide bonds. The Morgan fingerprint density at radius 3 is 1.93 bits per heavy atom. The van der Waals surface area contributed by atoms with Gasteiger partial charge in [0.25, 0.3) is 0 Å². The van der Waals surface area contributed by atoms with Crippen LogP contribution in [0.4, 0.5) is 9.59 Å². The first kappa shape index (κ1) is 13.4. The normalized spacial score (nSPS) is 11.4. The summed E-state index contributed by atoms with van der Waals surface area (Å²) in [6, 6.07) is -1.06. The summed E-state index contributed by atoms with van der Waals surface area (Å²) in [5, 5.41) is 0. The standard InChI is InChI=1S/C8H13NO6/c1-13-5-6(4-10)9(7(11)14-2)8(12)15-3/h4,6H,5H2,1-3H3. The lowest BCUT2D eigenvalue weighted by atomic mass is 10.3. The molecular weight excluding hydrogens is 206 g/mol. The molecule has 0 rings (SSSR count). The zero-order valence-electron chi connectivity index (χ0n) is 8.76. The van der Waals surface area contributed by atoms with E-state index >= 15 is 0 Å². The molecule has 7 heteroatoms. The number of carbonyl (C=O) groups excluding carboxylic acids is 3. The van der Waals surface area contributed by atoms with E-state index in [9.17, 15) is 14.4 Å². The van der Waals surface area contributed by atoms with Crippen LogP contribution in [0.15, 0.2) is 0 Å². The van der Waals surface area contributed by atoms with Crippen LogP contribution in [0.1, 0.15) is 0 Å². The van der Waals surface area contributed by atoms with Crippen LogP contribution in [-0.2, 0) is 19.0 Å². The van der Waals surface area contributed by atoms with E-state index in [0.717, 1.165) is 14.2 Å². The van der Waals surface area contributed by atoms with Crippen LogP contribution in [0.2, 0.25) is 0 Å². The molecule has 0 bridgehead atoms. The number of aldehydes is 1. The van der Waals surface area contributed by atoms with Crippen LogP contribution in [0.3, 0.4) is 0 Å². The van der Waals surface area contributed by atoms with Crippen LogP contribution < -0.4 is 0 Å². The van der Waals surface area contributed by atoms with E-state index in [1.165, 1.54) is 7.11 Å². The number of nitrogens with zero attached hydrogens (tertiary/aromatic N) is 1. The maximum atomic E-state index is 11.2. The van der Waals surface area contributed by atoms with Gasteiger partial charge in [-0.25, -0.2) is 9.59 Å². The lowest BCUT2D eigenvalue weighted by Crippen LogP contribution is -2.47. The highest BCUT2D eigenvalue weighted by atomic mass is 16.6. The maximum Gasteiger partial charge on any atom is 0.419 e. The van der Waals surface area contributed by atoms with Crippen LogP contribution in [0.5, 0.6) is 0 Å². The summed E-state index contributed by atoms with van der Waals surface area (Å²) < 4.78 is 13.3. The Kier molecular flexibility index (Phi) is 6.03. The topological polar surface area (TPSA) is 82.1 Å². The Morgan fingerprint density at radius 1 is 1.20 bits per heavy atom. The van der Waals surface area contributed by atoms with E-state index in [-0.39, 0.29) is 6.61 Å². The Balaban J connectivity index is 4.80. The zero-order valence-corrected chi connectivity index (χ0v) is 8.76. The Hall–Kier alpha value is -1.63. The highest BCUT2D eigenvalue weighted by molar-refractivity contribution is 5.91. The summed E-state index contributed by atoms with van der Waals surface area (Å²) in [5.41, 5.74) is 0. The second-order valence-electron chi connectivity index (χ2n) is 2.47. The Labute approximate surface area is 86.9 Å². The summed E-state index contributed by atoms with van der Waals surface area (Å²) in [4.78, 5) is 33.5. The molecule has 0 aliphatic carbocycles. The summed E-state index contributed by atoms with van der Waals surface area (Å²) >= 11 is 0. The predicted octanol–water partition coefficient (Wildman–Crippen LogP) is 0.0351. The average molecular weight is 219 g/mol. The fourth-order valence-corrected chi connectivity index (χ4v) is 0.887. The number of methoxy groups -OCH3 is 3. The van der Waals surface area contributed by atoms with Gasteiger partial charge in [-0.05, 0) is 0 Å².